The monoisotopic (exact) mass is 429 g/mol. The van der Waals surface area contributed by atoms with E-state index in [1.807, 2.05) is 0 Å². The quantitative estimate of drug-likeness (QED) is 0.527. The maximum Gasteiger partial charge on any atom is 0.226 e. The lowest BCUT2D eigenvalue weighted by molar-refractivity contribution is -0.121. The molecule has 0 aliphatic heterocycles. The molecule has 0 unspecified atom stereocenters. The van der Waals surface area contributed by atoms with Crippen LogP contribution in [0.5, 0.6) is 17.2 Å². The number of carbonyl (C=O) groups is 1. The summed E-state index contributed by atoms with van der Waals surface area (Å²) >= 11 is 0. The molecule has 3 aromatic rings. The van der Waals surface area contributed by atoms with Crippen LogP contribution in [0.4, 0.5) is 4.39 Å². The number of rotatable bonds is 10. The molecular weight excluding hydrogens is 405 g/mol. The van der Waals surface area contributed by atoms with Crippen LogP contribution in [-0.4, -0.2) is 37.4 Å². The van der Waals surface area contributed by atoms with E-state index in [2.05, 4.69) is 15.5 Å². The summed E-state index contributed by atoms with van der Waals surface area (Å²) in [7, 11) is 4.62. The number of ether oxygens (including phenoxy) is 3. The molecule has 0 bridgehead atoms. The molecule has 0 radical (unpaired) electrons. The molecule has 0 fully saturated rings. The van der Waals surface area contributed by atoms with Crippen LogP contribution < -0.4 is 19.5 Å². The minimum atomic E-state index is -0.329. The number of benzene rings is 2. The van der Waals surface area contributed by atoms with E-state index in [0.717, 1.165) is 5.56 Å². The highest BCUT2D eigenvalue weighted by Gasteiger charge is 2.14. The van der Waals surface area contributed by atoms with Gasteiger partial charge in [0, 0.05) is 24.9 Å². The molecule has 164 valence electrons. The maximum absolute atomic E-state index is 13.0. The van der Waals surface area contributed by atoms with Gasteiger partial charge in [0.15, 0.2) is 11.5 Å². The Kier molecular flexibility index (Phi) is 7.42. The molecule has 9 heteroatoms. The van der Waals surface area contributed by atoms with Gasteiger partial charge in [-0.2, -0.15) is 4.98 Å². The highest BCUT2D eigenvalue weighted by atomic mass is 19.1. The minimum Gasteiger partial charge on any atom is -0.493 e. The molecule has 0 spiro atoms. The summed E-state index contributed by atoms with van der Waals surface area (Å²) < 4.78 is 34.2. The molecule has 0 aliphatic carbocycles. The first-order valence-corrected chi connectivity index (χ1v) is 9.68. The molecule has 1 N–H and O–H groups in total. The van der Waals surface area contributed by atoms with Crippen molar-refractivity contribution < 1.29 is 27.9 Å². The van der Waals surface area contributed by atoms with E-state index in [1.54, 1.807) is 38.5 Å². The summed E-state index contributed by atoms with van der Waals surface area (Å²) in [6.45, 7) is 0.324. The third kappa shape index (κ3) is 5.71. The van der Waals surface area contributed by atoms with Crippen LogP contribution in [0.3, 0.4) is 0 Å². The van der Waals surface area contributed by atoms with Crippen molar-refractivity contribution in [2.24, 2.45) is 0 Å². The van der Waals surface area contributed by atoms with Gasteiger partial charge < -0.3 is 24.1 Å². The average Bonchev–Trinajstić information content (AvgIpc) is 3.26. The van der Waals surface area contributed by atoms with Crippen LogP contribution in [-0.2, 0) is 17.8 Å². The zero-order valence-corrected chi connectivity index (χ0v) is 17.6. The number of halogens is 1. The van der Waals surface area contributed by atoms with Gasteiger partial charge in [-0.05, 0) is 48.4 Å². The molecule has 3 rings (SSSR count). The molecule has 1 amide bonds. The normalized spacial score (nSPS) is 10.6. The second-order valence-electron chi connectivity index (χ2n) is 6.68. The number of methoxy groups -OCH3 is 3. The number of nitrogens with zero attached hydrogens (tertiary/aromatic N) is 2. The standard InChI is InChI=1S/C22H24FN3O5/c1-28-17-11-14(12-18(29-2)21(17)30-3)13-24-19(27)5-4-6-20-25-22(26-31-20)15-7-9-16(23)10-8-15/h7-12H,4-6,13H2,1-3H3,(H,24,27). The molecule has 0 saturated heterocycles. The Morgan fingerprint density at radius 3 is 2.35 bits per heavy atom. The van der Waals surface area contributed by atoms with Gasteiger partial charge in [-0.1, -0.05) is 5.16 Å². The van der Waals surface area contributed by atoms with Crippen LogP contribution >= 0.6 is 0 Å². The van der Waals surface area contributed by atoms with E-state index in [-0.39, 0.29) is 11.7 Å². The summed E-state index contributed by atoms with van der Waals surface area (Å²) in [5, 5.41) is 6.76. The second-order valence-corrected chi connectivity index (χ2v) is 6.68. The predicted molar refractivity (Wildman–Crippen MR) is 111 cm³/mol. The number of aromatic nitrogens is 2. The summed E-state index contributed by atoms with van der Waals surface area (Å²) in [4.78, 5) is 16.5. The largest absolute Gasteiger partial charge is 0.493 e. The predicted octanol–water partition coefficient (Wildman–Crippen LogP) is 3.54. The van der Waals surface area contributed by atoms with Gasteiger partial charge in [0.1, 0.15) is 5.82 Å². The van der Waals surface area contributed by atoms with Crippen LogP contribution in [0.2, 0.25) is 0 Å². The Morgan fingerprint density at radius 1 is 1.06 bits per heavy atom. The maximum atomic E-state index is 13.0. The van der Waals surface area contributed by atoms with Crippen molar-refractivity contribution in [1.29, 1.82) is 0 Å². The van der Waals surface area contributed by atoms with Crippen molar-refractivity contribution in [1.82, 2.24) is 15.5 Å². The summed E-state index contributed by atoms with van der Waals surface area (Å²) in [6, 6.07) is 9.42. The number of hydrogen-bond donors (Lipinski definition) is 1. The minimum absolute atomic E-state index is 0.105. The van der Waals surface area contributed by atoms with E-state index in [0.29, 0.717) is 60.3 Å². The van der Waals surface area contributed by atoms with Crippen LogP contribution in [0.15, 0.2) is 40.9 Å². The van der Waals surface area contributed by atoms with Crippen molar-refractivity contribution in [2.75, 3.05) is 21.3 Å². The topological polar surface area (TPSA) is 95.7 Å². The Bertz CT molecular complexity index is 995. The van der Waals surface area contributed by atoms with Crippen LogP contribution in [0.25, 0.3) is 11.4 Å². The molecular formula is C22H24FN3O5. The summed E-state index contributed by atoms with van der Waals surface area (Å²) in [5.41, 5.74) is 1.49. The summed E-state index contributed by atoms with van der Waals surface area (Å²) in [6.07, 6.45) is 1.32. The van der Waals surface area contributed by atoms with Gasteiger partial charge >= 0.3 is 0 Å². The Hall–Kier alpha value is -3.62. The number of amides is 1. The second kappa shape index (κ2) is 10.4. The van der Waals surface area contributed by atoms with Gasteiger partial charge in [-0.15, -0.1) is 0 Å². The van der Waals surface area contributed by atoms with Crippen molar-refractivity contribution >= 4 is 5.91 Å². The Balaban J connectivity index is 1.48. The van der Waals surface area contributed by atoms with E-state index in [9.17, 15) is 9.18 Å². The molecule has 31 heavy (non-hydrogen) atoms. The van der Waals surface area contributed by atoms with Crippen LogP contribution in [0.1, 0.15) is 24.3 Å². The van der Waals surface area contributed by atoms with Crippen LogP contribution in [0, 0.1) is 5.82 Å². The zero-order valence-electron chi connectivity index (χ0n) is 17.6. The lowest BCUT2D eigenvalue weighted by atomic mass is 10.1. The third-order valence-corrected chi connectivity index (χ3v) is 4.58. The van der Waals surface area contributed by atoms with Gasteiger partial charge in [-0.25, -0.2) is 4.39 Å². The first-order chi connectivity index (χ1) is 15.0. The molecule has 2 aromatic carbocycles. The SMILES string of the molecule is COc1cc(CNC(=O)CCCc2nc(-c3ccc(F)cc3)no2)cc(OC)c1OC. The van der Waals surface area contributed by atoms with E-state index >= 15 is 0 Å². The fraction of sp³-hybridized carbons (Fsp3) is 0.318. The van der Waals surface area contributed by atoms with Gasteiger partial charge in [0.2, 0.25) is 23.4 Å². The molecule has 8 nitrogen and oxygen atoms in total. The third-order valence-electron chi connectivity index (χ3n) is 4.58. The smallest absolute Gasteiger partial charge is 0.226 e. The van der Waals surface area contributed by atoms with E-state index in [1.165, 1.54) is 19.2 Å². The first-order valence-electron chi connectivity index (χ1n) is 9.68. The number of nitrogens with one attached hydrogen (secondary N) is 1. The highest BCUT2D eigenvalue weighted by Crippen LogP contribution is 2.38. The molecule has 0 saturated carbocycles. The molecule has 0 aliphatic rings. The fourth-order valence-corrected chi connectivity index (χ4v) is 3.00. The number of aryl methyl sites for hydroxylation is 1. The first kappa shape index (κ1) is 22.1. The Labute approximate surface area is 179 Å². The van der Waals surface area contributed by atoms with Gasteiger partial charge in [0.25, 0.3) is 0 Å². The fourth-order valence-electron chi connectivity index (χ4n) is 3.00. The number of carbonyl (C=O) groups excluding carboxylic acids is 1. The molecule has 0 atom stereocenters. The van der Waals surface area contributed by atoms with E-state index < -0.39 is 0 Å². The highest BCUT2D eigenvalue weighted by molar-refractivity contribution is 5.75. The van der Waals surface area contributed by atoms with E-state index in [4.69, 9.17) is 18.7 Å². The average molecular weight is 429 g/mol. The Morgan fingerprint density at radius 2 is 1.74 bits per heavy atom. The van der Waals surface area contributed by atoms with Gasteiger partial charge in [0.05, 0.1) is 21.3 Å². The molecule has 1 heterocycles. The van der Waals surface area contributed by atoms with Gasteiger partial charge in [-0.3, -0.25) is 4.79 Å². The summed E-state index contributed by atoms with van der Waals surface area (Å²) in [5.74, 6) is 1.94. The van der Waals surface area contributed by atoms with Crippen molar-refractivity contribution in [3.8, 4) is 28.6 Å². The lowest BCUT2D eigenvalue weighted by Crippen LogP contribution is -2.22. The molecule has 1 aromatic heterocycles. The van der Waals surface area contributed by atoms with Crippen molar-refractivity contribution in [2.45, 2.75) is 25.8 Å². The lowest BCUT2D eigenvalue weighted by Gasteiger charge is -2.14. The number of hydrogen-bond acceptors (Lipinski definition) is 7. The van der Waals surface area contributed by atoms with Crippen molar-refractivity contribution in [3.05, 3.63) is 53.7 Å². The van der Waals surface area contributed by atoms with Crippen molar-refractivity contribution in [3.63, 3.8) is 0 Å². The zero-order chi connectivity index (χ0) is 22.2.